The first-order valence-electron chi connectivity index (χ1n) is 6.25. The van der Waals surface area contributed by atoms with E-state index in [9.17, 15) is 9.90 Å². The van der Waals surface area contributed by atoms with Crippen LogP contribution in [0, 0.1) is 0 Å². The van der Waals surface area contributed by atoms with E-state index in [-0.39, 0.29) is 12.5 Å². The fourth-order valence-electron chi connectivity index (χ4n) is 1.83. The molecule has 0 aliphatic carbocycles. The van der Waals surface area contributed by atoms with E-state index < -0.39 is 5.60 Å². The van der Waals surface area contributed by atoms with Crippen molar-refractivity contribution in [1.29, 1.82) is 0 Å². The fourth-order valence-corrected chi connectivity index (χ4v) is 2.09. The van der Waals surface area contributed by atoms with Gasteiger partial charge in [-0.15, -0.1) is 0 Å². The van der Waals surface area contributed by atoms with Gasteiger partial charge in [0.2, 0.25) is 0 Å². The second-order valence-corrected chi connectivity index (χ2v) is 5.86. The molecule has 0 aliphatic rings. The minimum absolute atomic E-state index is 0.155. The molecule has 20 heavy (non-hydrogen) atoms. The Morgan fingerprint density at radius 3 is 2.65 bits per heavy atom. The van der Waals surface area contributed by atoms with Gasteiger partial charge in [-0.05, 0) is 43.3 Å². The topological polar surface area (TPSA) is 62.5 Å². The van der Waals surface area contributed by atoms with Gasteiger partial charge < -0.3 is 14.8 Å². The summed E-state index contributed by atoms with van der Waals surface area (Å²) in [5.41, 5.74) is -0.495. The van der Waals surface area contributed by atoms with Gasteiger partial charge in [0.1, 0.15) is 5.76 Å². The van der Waals surface area contributed by atoms with Gasteiger partial charge >= 0.3 is 0 Å². The van der Waals surface area contributed by atoms with Crippen molar-refractivity contribution >= 4 is 21.8 Å². The summed E-state index contributed by atoms with van der Waals surface area (Å²) in [5, 5.41) is 13.0. The lowest BCUT2D eigenvalue weighted by Crippen LogP contribution is -2.42. The van der Waals surface area contributed by atoms with E-state index in [0.29, 0.717) is 17.7 Å². The Balaban J connectivity index is 1.90. The number of nitrogens with one attached hydrogen (secondary N) is 1. The van der Waals surface area contributed by atoms with Crippen molar-refractivity contribution in [2.75, 3.05) is 6.54 Å². The van der Waals surface area contributed by atoms with Gasteiger partial charge in [-0.2, -0.15) is 0 Å². The van der Waals surface area contributed by atoms with Gasteiger partial charge in [0.05, 0.1) is 11.9 Å². The lowest BCUT2D eigenvalue weighted by atomic mass is 10.0. The maximum absolute atomic E-state index is 11.9. The maximum Gasteiger partial charge on any atom is 0.251 e. The molecule has 0 fully saturated rings. The Kier molecular flexibility index (Phi) is 4.62. The van der Waals surface area contributed by atoms with Crippen molar-refractivity contribution in [3.8, 4) is 0 Å². The number of carbonyl (C=O) groups is 1. The predicted octanol–water partition coefficient (Wildman–Crippen LogP) is 2.77. The summed E-state index contributed by atoms with van der Waals surface area (Å²) in [4.78, 5) is 11.9. The second kappa shape index (κ2) is 6.24. The molecule has 4 nitrogen and oxygen atoms in total. The standard InChI is InChI=1S/C15H16BrNO3/c1-15(19,9-13-3-2-8-20-13)10-17-14(18)11-4-6-12(16)7-5-11/h2-8,19H,9-10H2,1H3,(H,17,18). The molecule has 0 spiro atoms. The number of hydrogen-bond acceptors (Lipinski definition) is 3. The minimum atomic E-state index is -1.05. The number of hydrogen-bond donors (Lipinski definition) is 2. The number of rotatable bonds is 5. The average molecular weight is 338 g/mol. The third-order valence-electron chi connectivity index (χ3n) is 2.87. The van der Waals surface area contributed by atoms with Crippen molar-refractivity contribution in [3.05, 3.63) is 58.5 Å². The van der Waals surface area contributed by atoms with E-state index in [1.165, 1.54) is 0 Å². The number of benzene rings is 1. The molecular weight excluding hydrogens is 322 g/mol. The Hall–Kier alpha value is -1.59. The molecule has 0 saturated carbocycles. The van der Waals surface area contributed by atoms with Crippen LogP contribution in [-0.4, -0.2) is 23.2 Å². The molecule has 2 aromatic rings. The highest BCUT2D eigenvalue weighted by atomic mass is 79.9. The van der Waals surface area contributed by atoms with Crippen LogP contribution in [0.25, 0.3) is 0 Å². The number of amides is 1. The monoisotopic (exact) mass is 337 g/mol. The highest BCUT2D eigenvalue weighted by molar-refractivity contribution is 9.10. The van der Waals surface area contributed by atoms with E-state index in [1.807, 2.05) is 0 Å². The quantitative estimate of drug-likeness (QED) is 0.881. The summed E-state index contributed by atoms with van der Waals surface area (Å²) < 4.78 is 6.11. The minimum Gasteiger partial charge on any atom is -0.469 e. The first-order chi connectivity index (χ1) is 9.46. The first kappa shape index (κ1) is 14.8. The van der Waals surface area contributed by atoms with Crippen molar-refractivity contribution in [3.63, 3.8) is 0 Å². The molecule has 5 heteroatoms. The molecule has 1 aromatic carbocycles. The molecule has 1 aromatic heterocycles. The molecule has 1 heterocycles. The molecule has 1 amide bonds. The molecule has 1 unspecified atom stereocenters. The van der Waals surface area contributed by atoms with Crippen molar-refractivity contribution in [2.45, 2.75) is 18.9 Å². The van der Waals surface area contributed by atoms with E-state index in [1.54, 1.807) is 49.6 Å². The Bertz CT molecular complexity index is 561. The van der Waals surface area contributed by atoms with Crippen LogP contribution in [0.5, 0.6) is 0 Å². The fraction of sp³-hybridized carbons (Fsp3) is 0.267. The molecular formula is C15H16BrNO3. The number of carbonyl (C=O) groups excluding carboxylic acids is 1. The van der Waals surface area contributed by atoms with Crippen LogP contribution in [0.1, 0.15) is 23.0 Å². The normalized spacial score (nSPS) is 13.8. The lowest BCUT2D eigenvalue weighted by Gasteiger charge is -2.22. The number of furan rings is 1. The summed E-state index contributed by atoms with van der Waals surface area (Å²) in [7, 11) is 0. The van der Waals surface area contributed by atoms with E-state index in [0.717, 1.165) is 4.47 Å². The SMILES string of the molecule is CC(O)(CNC(=O)c1ccc(Br)cc1)Cc1ccco1. The van der Waals surface area contributed by atoms with Crippen LogP contribution in [-0.2, 0) is 6.42 Å². The van der Waals surface area contributed by atoms with Crippen LogP contribution in [0.4, 0.5) is 0 Å². The van der Waals surface area contributed by atoms with Gasteiger partial charge in [-0.1, -0.05) is 15.9 Å². The summed E-state index contributed by atoms with van der Waals surface area (Å²) >= 11 is 3.32. The smallest absolute Gasteiger partial charge is 0.251 e. The third-order valence-corrected chi connectivity index (χ3v) is 3.40. The van der Waals surface area contributed by atoms with E-state index >= 15 is 0 Å². The first-order valence-corrected chi connectivity index (χ1v) is 7.04. The Labute approximate surface area is 125 Å². The molecule has 106 valence electrons. The van der Waals surface area contributed by atoms with Crippen LogP contribution in [0.15, 0.2) is 51.6 Å². The molecule has 0 bridgehead atoms. The van der Waals surface area contributed by atoms with E-state index in [4.69, 9.17) is 4.42 Å². The molecule has 0 aliphatic heterocycles. The maximum atomic E-state index is 11.9. The summed E-state index contributed by atoms with van der Waals surface area (Å²) in [6, 6.07) is 10.6. The zero-order valence-electron chi connectivity index (χ0n) is 11.1. The number of aliphatic hydroxyl groups is 1. The van der Waals surface area contributed by atoms with Gasteiger partial charge in [-0.3, -0.25) is 4.79 Å². The highest BCUT2D eigenvalue weighted by Crippen LogP contribution is 2.14. The Morgan fingerprint density at radius 1 is 1.35 bits per heavy atom. The number of halogens is 1. The van der Waals surface area contributed by atoms with Crippen molar-refractivity contribution in [1.82, 2.24) is 5.32 Å². The van der Waals surface area contributed by atoms with Gasteiger partial charge in [0.25, 0.3) is 5.91 Å². The largest absolute Gasteiger partial charge is 0.469 e. The summed E-state index contributed by atoms with van der Waals surface area (Å²) in [6.07, 6.45) is 1.91. The molecule has 0 radical (unpaired) electrons. The lowest BCUT2D eigenvalue weighted by molar-refractivity contribution is 0.0510. The van der Waals surface area contributed by atoms with Crippen molar-refractivity contribution < 1.29 is 14.3 Å². The summed E-state index contributed by atoms with van der Waals surface area (Å²) in [6.45, 7) is 1.82. The van der Waals surface area contributed by atoms with Crippen LogP contribution in [0.2, 0.25) is 0 Å². The Morgan fingerprint density at radius 2 is 2.05 bits per heavy atom. The zero-order chi connectivity index (χ0) is 14.6. The third kappa shape index (κ3) is 4.21. The van der Waals surface area contributed by atoms with Gasteiger partial charge in [0.15, 0.2) is 0 Å². The molecule has 1 atom stereocenters. The average Bonchev–Trinajstić information content (AvgIpc) is 2.89. The van der Waals surface area contributed by atoms with Crippen LogP contribution < -0.4 is 5.32 Å². The van der Waals surface area contributed by atoms with Crippen LogP contribution >= 0.6 is 15.9 Å². The second-order valence-electron chi connectivity index (χ2n) is 4.94. The van der Waals surface area contributed by atoms with Gasteiger partial charge in [0, 0.05) is 23.0 Å². The predicted molar refractivity (Wildman–Crippen MR) is 79.5 cm³/mol. The molecule has 0 saturated heterocycles. The molecule has 2 rings (SSSR count). The van der Waals surface area contributed by atoms with Crippen LogP contribution in [0.3, 0.4) is 0 Å². The zero-order valence-corrected chi connectivity index (χ0v) is 12.7. The van der Waals surface area contributed by atoms with E-state index in [2.05, 4.69) is 21.2 Å². The highest BCUT2D eigenvalue weighted by Gasteiger charge is 2.23. The van der Waals surface area contributed by atoms with Gasteiger partial charge in [-0.25, -0.2) is 0 Å². The van der Waals surface area contributed by atoms with Crippen molar-refractivity contribution in [2.24, 2.45) is 0 Å². The molecule has 2 N–H and O–H groups in total. The summed E-state index contributed by atoms with van der Waals surface area (Å²) in [5.74, 6) is 0.477.